The second-order valence-electron chi connectivity index (χ2n) is 6.06. The van der Waals surface area contributed by atoms with Crippen molar-refractivity contribution < 1.29 is 0 Å². The SMILES string of the molecule is CN1CCCCCC1=NCCN=C1CCCCCN1C. The van der Waals surface area contributed by atoms with Crippen LogP contribution in [0.15, 0.2) is 9.98 Å². The molecule has 114 valence electrons. The highest BCUT2D eigenvalue weighted by molar-refractivity contribution is 5.83. The van der Waals surface area contributed by atoms with E-state index in [1.54, 1.807) is 0 Å². The van der Waals surface area contributed by atoms with Crippen molar-refractivity contribution in [1.82, 2.24) is 9.80 Å². The molecule has 0 radical (unpaired) electrons. The average Bonchev–Trinajstić information content (AvgIpc) is 2.77. The van der Waals surface area contributed by atoms with Crippen LogP contribution in [0.1, 0.15) is 51.4 Å². The van der Waals surface area contributed by atoms with Gasteiger partial charge in [0.25, 0.3) is 0 Å². The van der Waals surface area contributed by atoms with Gasteiger partial charge < -0.3 is 9.80 Å². The maximum absolute atomic E-state index is 4.77. The standard InChI is InChI=1S/C16H30N4/c1-19-13-7-3-5-9-15(19)17-11-12-18-16-10-6-4-8-14-20(16)2/h3-14H2,1-2H3. The molecule has 0 spiro atoms. The molecule has 0 atom stereocenters. The first kappa shape index (κ1) is 15.3. The Bertz CT molecular complexity index is 314. The Balaban J connectivity index is 1.81. The zero-order valence-electron chi connectivity index (χ0n) is 13.3. The van der Waals surface area contributed by atoms with Crippen molar-refractivity contribution in [2.45, 2.75) is 51.4 Å². The molecule has 2 saturated heterocycles. The van der Waals surface area contributed by atoms with Crippen LogP contribution in [0.2, 0.25) is 0 Å². The van der Waals surface area contributed by atoms with Gasteiger partial charge in [0, 0.05) is 40.0 Å². The summed E-state index contributed by atoms with van der Waals surface area (Å²) in [5.41, 5.74) is 0. The third kappa shape index (κ3) is 4.80. The first-order valence-corrected chi connectivity index (χ1v) is 8.26. The highest BCUT2D eigenvalue weighted by atomic mass is 15.2. The van der Waals surface area contributed by atoms with Crippen molar-refractivity contribution in [3.05, 3.63) is 0 Å². The Morgan fingerprint density at radius 3 is 1.60 bits per heavy atom. The summed E-state index contributed by atoms with van der Waals surface area (Å²) < 4.78 is 0. The van der Waals surface area contributed by atoms with Crippen LogP contribution in [-0.2, 0) is 0 Å². The van der Waals surface area contributed by atoms with Gasteiger partial charge >= 0.3 is 0 Å². The number of amidine groups is 2. The highest BCUT2D eigenvalue weighted by Gasteiger charge is 2.11. The fourth-order valence-corrected chi connectivity index (χ4v) is 3.02. The molecule has 4 nitrogen and oxygen atoms in total. The molecular formula is C16H30N4. The fourth-order valence-electron chi connectivity index (χ4n) is 3.02. The third-order valence-electron chi connectivity index (χ3n) is 4.36. The van der Waals surface area contributed by atoms with Gasteiger partial charge in [-0.2, -0.15) is 0 Å². The van der Waals surface area contributed by atoms with E-state index in [1.807, 2.05) is 0 Å². The van der Waals surface area contributed by atoms with Gasteiger partial charge in [-0.05, 0) is 25.7 Å². The first-order valence-electron chi connectivity index (χ1n) is 8.26. The summed E-state index contributed by atoms with van der Waals surface area (Å²) in [6.07, 6.45) is 10.2. The summed E-state index contributed by atoms with van der Waals surface area (Å²) in [5, 5.41) is 0. The topological polar surface area (TPSA) is 31.2 Å². The number of aliphatic imine (C=N–C) groups is 2. The number of likely N-dealkylation sites (tertiary alicyclic amines) is 2. The summed E-state index contributed by atoms with van der Waals surface area (Å²) in [6, 6.07) is 0. The van der Waals surface area contributed by atoms with Crippen molar-refractivity contribution in [1.29, 1.82) is 0 Å². The Kier molecular flexibility index (Phi) is 6.34. The van der Waals surface area contributed by atoms with E-state index in [1.165, 1.54) is 50.2 Å². The predicted octanol–water partition coefficient (Wildman–Crippen LogP) is 2.80. The van der Waals surface area contributed by atoms with Gasteiger partial charge in [-0.25, -0.2) is 0 Å². The van der Waals surface area contributed by atoms with Crippen molar-refractivity contribution in [2.24, 2.45) is 9.98 Å². The van der Waals surface area contributed by atoms with Crippen LogP contribution in [-0.4, -0.2) is 61.7 Å². The number of hydrogen-bond acceptors (Lipinski definition) is 2. The molecule has 0 saturated carbocycles. The number of hydrogen-bond donors (Lipinski definition) is 0. The Morgan fingerprint density at radius 2 is 1.15 bits per heavy atom. The Hall–Kier alpha value is -1.06. The lowest BCUT2D eigenvalue weighted by atomic mass is 10.2. The monoisotopic (exact) mass is 278 g/mol. The fraction of sp³-hybridized carbons (Fsp3) is 0.875. The smallest absolute Gasteiger partial charge is 0.0987 e. The molecule has 2 heterocycles. The van der Waals surface area contributed by atoms with E-state index in [-0.39, 0.29) is 0 Å². The molecule has 0 unspecified atom stereocenters. The molecule has 0 aromatic carbocycles. The lowest BCUT2D eigenvalue weighted by molar-refractivity contribution is 0.490. The predicted molar refractivity (Wildman–Crippen MR) is 86.8 cm³/mol. The normalized spacial score (nSPS) is 25.9. The molecule has 4 heteroatoms. The molecular weight excluding hydrogens is 248 g/mol. The summed E-state index contributed by atoms with van der Waals surface area (Å²) in [7, 11) is 4.35. The highest BCUT2D eigenvalue weighted by Crippen LogP contribution is 2.12. The minimum Gasteiger partial charge on any atom is -0.363 e. The summed E-state index contributed by atoms with van der Waals surface area (Å²) in [4.78, 5) is 14.2. The van der Waals surface area contributed by atoms with Crippen LogP contribution in [0.25, 0.3) is 0 Å². The van der Waals surface area contributed by atoms with Gasteiger partial charge in [0.2, 0.25) is 0 Å². The summed E-state index contributed by atoms with van der Waals surface area (Å²) >= 11 is 0. The van der Waals surface area contributed by atoms with Crippen LogP contribution in [0.5, 0.6) is 0 Å². The minimum atomic E-state index is 0.844. The zero-order chi connectivity index (χ0) is 14.2. The lowest BCUT2D eigenvalue weighted by Crippen LogP contribution is -2.27. The number of rotatable bonds is 3. The van der Waals surface area contributed by atoms with Crippen LogP contribution < -0.4 is 0 Å². The molecule has 2 rings (SSSR count). The second kappa shape index (κ2) is 8.28. The lowest BCUT2D eigenvalue weighted by Gasteiger charge is -2.19. The largest absolute Gasteiger partial charge is 0.363 e. The summed E-state index contributed by atoms with van der Waals surface area (Å²) in [5.74, 6) is 2.58. The van der Waals surface area contributed by atoms with Crippen LogP contribution in [0.3, 0.4) is 0 Å². The zero-order valence-corrected chi connectivity index (χ0v) is 13.3. The van der Waals surface area contributed by atoms with E-state index in [9.17, 15) is 0 Å². The molecule has 2 aliphatic heterocycles. The van der Waals surface area contributed by atoms with Crippen LogP contribution in [0.4, 0.5) is 0 Å². The molecule has 2 fully saturated rings. The van der Waals surface area contributed by atoms with Crippen LogP contribution >= 0.6 is 0 Å². The quantitative estimate of drug-likeness (QED) is 0.743. The maximum Gasteiger partial charge on any atom is 0.0987 e. The van der Waals surface area contributed by atoms with E-state index in [0.717, 1.165) is 39.0 Å². The molecule has 2 aliphatic rings. The van der Waals surface area contributed by atoms with Crippen molar-refractivity contribution >= 4 is 11.7 Å². The molecule has 0 bridgehead atoms. The van der Waals surface area contributed by atoms with Crippen molar-refractivity contribution in [2.75, 3.05) is 40.3 Å². The van der Waals surface area contributed by atoms with E-state index >= 15 is 0 Å². The molecule has 0 aromatic heterocycles. The van der Waals surface area contributed by atoms with Crippen LogP contribution in [0, 0.1) is 0 Å². The van der Waals surface area contributed by atoms with Gasteiger partial charge in [0.05, 0.1) is 24.8 Å². The van der Waals surface area contributed by atoms with Gasteiger partial charge in [-0.3, -0.25) is 9.98 Å². The maximum atomic E-state index is 4.77. The van der Waals surface area contributed by atoms with Crippen molar-refractivity contribution in [3.63, 3.8) is 0 Å². The minimum absolute atomic E-state index is 0.844. The van der Waals surface area contributed by atoms with Gasteiger partial charge in [-0.1, -0.05) is 12.8 Å². The Morgan fingerprint density at radius 1 is 0.700 bits per heavy atom. The van der Waals surface area contributed by atoms with E-state index in [2.05, 4.69) is 23.9 Å². The Labute approximate surface area is 124 Å². The molecule has 20 heavy (non-hydrogen) atoms. The van der Waals surface area contributed by atoms with Crippen molar-refractivity contribution in [3.8, 4) is 0 Å². The molecule has 0 N–H and O–H groups in total. The van der Waals surface area contributed by atoms with Gasteiger partial charge in [0.1, 0.15) is 0 Å². The van der Waals surface area contributed by atoms with E-state index in [4.69, 9.17) is 9.98 Å². The average molecular weight is 278 g/mol. The summed E-state index contributed by atoms with van der Waals surface area (Å²) in [6.45, 7) is 4.01. The molecule has 0 aliphatic carbocycles. The number of nitrogens with zero attached hydrogens (tertiary/aromatic N) is 4. The van der Waals surface area contributed by atoms with Gasteiger partial charge in [-0.15, -0.1) is 0 Å². The van der Waals surface area contributed by atoms with E-state index < -0.39 is 0 Å². The van der Waals surface area contributed by atoms with E-state index in [0.29, 0.717) is 0 Å². The molecule has 0 aromatic rings. The first-order chi connectivity index (χ1) is 9.77. The third-order valence-corrected chi connectivity index (χ3v) is 4.36. The molecule has 0 amide bonds. The van der Waals surface area contributed by atoms with Gasteiger partial charge in [0.15, 0.2) is 0 Å². The second-order valence-corrected chi connectivity index (χ2v) is 6.06.